The molecule has 1 aliphatic rings. The molecule has 0 aliphatic carbocycles. The molecule has 114 valence electrons. The van der Waals surface area contributed by atoms with Gasteiger partial charge in [-0.2, -0.15) is 0 Å². The summed E-state index contributed by atoms with van der Waals surface area (Å²) < 4.78 is 0. The van der Waals surface area contributed by atoms with E-state index in [0.29, 0.717) is 5.92 Å². The highest BCUT2D eigenvalue weighted by molar-refractivity contribution is 5.94. The monoisotopic (exact) mass is 291 g/mol. The lowest BCUT2D eigenvalue weighted by atomic mass is 10.0. The van der Waals surface area contributed by atoms with Gasteiger partial charge in [0.05, 0.1) is 11.5 Å². The van der Waals surface area contributed by atoms with Crippen LogP contribution in [0.2, 0.25) is 0 Å². The van der Waals surface area contributed by atoms with Crippen molar-refractivity contribution < 1.29 is 9.72 Å². The SMILES string of the molecule is Cc1ccc(NC(=O)CN2CCCC(C)C2)c([N+](=O)[O-])c1. The van der Waals surface area contributed by atoms with Crippen LogP contribution >= 0.6 is 0 Å². The number of benzene rings is 1. The van der Waals surface area contributed by atoms with Crippen molar-refractivity contribution >= 4 is 17.3 Å². The van der Waals surface area contributed by atoms with Gasteiger partial charge in [0, 0.05) is 12.6 Å². The molecule has 1 N–H and O–H groups in total. The number of rotatable bonds is 4. The third-order valence-corrected chi connectivity index (χ3v) is 3.73. The van der Waals surface area contributed by atoms with Crippen LogP contribution in [0.15, 0.2) is 18.2 Å². The number of nitro benzene ring substituents is 1. The van der Waals surface area contributed by atoms with Gasteiger partial charge in [-0.25, -0.2) is 0 Å². The summed E-state index contributed by atoms with van der Waals surface area (Å²) in [6.45, 7) is 6.06. The minimum Gasteiger partial charge on any atom is -0.319 e. The van der Waals surface area contributed by atoms with Gasteiger partial charge in [-0.1, -0.05) is 13.0 Å². The normalized spacial score (nSPS) is 19.2. The molecule has 0 saturated carbocycles. The van der Waals surface area contributed by atoms with E-state index >= 15 is 0 Å². The van der Waals surface area contributed by atoms with E-state index in [1.165, 1.54) is 12.5 Å². The summed E-state index contributed by atoms with van der Waals surface area (Å²) >= 11 is 0. The number of carbonyl (C=O) groups excluding carboxylic acids is 1. The summed E-state index contributed by atoms with van der Waals surface area (Å²) in [5.74, 6) is 0.399. The van der Waals surface area contributed by atoms with Crippen molar-refractivity contribution in [3.05, 3.63) is 33.9 Å². The molecule has 1 saturated heterocycles. The lowest BCUT2D eigenvalue weighted by molar-refractivity contribution is -0.384. The Bertz CT molecular complexity index is 545. The number of hydrogen-bond donors (Lipinski definition) is 1. The van der Waals surface area contributed by atoms with E-state index in [1.807, 2.05) is 0 Å². The topological polar surface area (TPSA) is 75.5 Å². The first kappa shape index (κ1) is 15.4. The molecule has 6 heteroatoms. The van der Waals surface area contributed by atoms with Crippen LogP contribution in [-0.4, -0.2) is 35.4 Å². The molecular weight excluding hydrogens is 270 g/mol. The highest BCUT2D eigenvalue weighted by atomic mass is 16.6. The van der Waals surface area contributed by atoms with Crippen LogP contribution in [0.1, 0.15) is 25.3 Å². The highest BCUT2D eigenvalue weighted by Crippen LogP contribution is 2.25. The summed E-state index contributed by atoms with van der Waals surface area (Å²) in [6.07, 6.45) is 2.29. The van der Waals surface area contributed by atoms with Gasteiger partial charge in [0.15, 0.2) is 0 Å². The molecule has 0 radical (unpaired) electrons. The quantitative estimate of drug-likeness (QED) is 0.683. The van der Waals surface area contributed by atoms with Crippen LogP contribution in [0.4, 0.5) is 11.4 Å². The number of aryl methyl sites for hydroxylation is 1. The van der Waals surface area contributed by atoms with Gasteiger partial charge in [0.2, 0.25) is 5.91 Å². The Morgan fingerprint density at radius 3 is 2.95 bits per heavy atom. The van der Waals surface area contributed by atoms with Gasteiger partial charge >= 0.3 is 0 Å². The van der Waals surface area contributed by atoms with Crippen molar-refractivity contribution in [2.24, 2.45) is 5.92 Å². The van der Waals surface area contributed by atoms with Crippen LogP contribution in [0.25, 0.3) is 0 Å². The van der Waals surface area contributed by atoms with Crippen LogP contribution in [0, 0.1) is 23.0 Å². The Morgan fingerprint density at radius 1 is 1.52 bits per heavy atom. The standard InChI is InChI=1S/C15H21N3O3/c1-11-5-6-13(14(8-11)18(20)21)16-15(19)10-17-7-3-4-12(2)9-17/h5-6,8,12H,3-4,7,9-10H2,1-2H3,(H,16,19). The molecule has 1 aromatic carbocycles. The van der Waals surface area contributed by atoms with E-state index in [1.54, 1.807) is 19.1 Å². The van der Waals surface area contributed by atoms with E-state index in [2.05, 4.69) is 17.1 Å². The average Bonchev–Trinajstić information content (AvgIpc) is 2.40. The molecule has 1 aromatic rings. The highest BCUT2D eigenvalue weighted by Gasteiger charge is 2.20. The summed E-state index contributed by atoms with van der Waals surface area (Å²) in [5.41, 5.74) is 1.00. The second-order valence-electron chi connectivity index (χ2n) is 5.81. The molecule has 0 spiro atoms. The molecule has 0 bridgehead atoms. The average molecular weight is 291 g/mol. The molecule has 1 heterocycles. The van der Waals surface area contributed by atoms with Crippen LogP contribution in [-0.2, 0) is 4.79 Å². The molecule has 0 aromatic heterocycles. The number of nitro groups is 1. The second kappa shape index (κ2) is 6.67. The number of nitrogens with one attached hydrogen (secondary N) is 1. The Balaban J connectivity index is 2.01. The minimum atomic E-state index is -0.467. The smallest absolute Gasteiger partial charge is 0.293 e. The van der Waals surface area contributed by atoms with Gasteiger partial charge < -0.3 is 5.32 Å². The number of amides is 1. The number of piperidine rings is 1. The molecule has 21 heavy (non-hydrogen) atoms. The maximum atomic E-state index is 12.1. The second-order valence-corrected chi connectivity index (χ2v) is 5.81. The fourth-order valence-electron chi connectivity index (χ4n) is 2.72. The van der Waals surface area contributed by atoms with Gasteiger partial charge in [-0.15, -0.1) is 0 Å². The Hall–Kier alpha value is -1.95. The molecule has 1 amide bonds. The summed E-state index contributed by atoms with van der Waals surface area (Å²) in [6, 6.07) is 4.81. The van der Waals surface area contributed by atoms with Gasteiger partial charge in [-0.05, 0) is 43.9 Å². The predicted molar refractivity (Wildman–Crippen MR) is 81.3 cm³/mol. The van der Waals surface area contributed by atoms with Crippen molar-refractivity contribution in [1.29, 1.82) is 0 Å². The Morgan fingerprint density at radius 2 is 2.29 bits per heavy atom. The number of hydrogen-bond acceptors (Lipinski definition) is 4. The Labute approximate surface area is 124 Å². The largest absolute Gasteiger partial charge is 0.319 e. The lowest BCUT2D eigenvalue weighted by Gasteiger charge is -2.30. The van der Waals surface area contributed by atoms with Crippen LogP contribution in [0.5, 0.6) is 0 Å². The molecule has 1 unspecified atom stereocenters. The fourth-order valence-corrected chi connectivity index (χ4v) is 2.72. The third kappa shape index (κ3) is 4.26. The fraction of sp³-hybridized carbons (Fsp3) is 0.533. The Kier molecular flexibility index (Phi) is 4.90. The van der Waals surface area contributed by atoms with Crippen molar-refractivity contribution in [1.82, 2.24) is 4.90 Å². The zero-order chi connectivity index (χ0) is 15.4. The van der Waals surface area contributed by atoms with Gasteiger partial charge in [0.25, 0.3) is 5.69 Å². The van der Waals surface area contributed by atoms with E-state index in [-0.39, 0.29) is 23.8 Å². The van der Waals surface area contributed by atoms with Crippen molar-refractivity contribution in [3.63, 3.8) is 0 Å². The maximum Gasteiger partial charge on any atom is 0.293 e. The molecule has 1 aliphatic heterocycles. The zero-order valence-corrected chi connectivity index (χ0v) is 12.5. The molecule has 6 nitrogen and oxygen atoms in total. The number of likely N-dealkylation sites (tertiary alicyclic amines) is 1. The number of nitrogens with zero attached hydrogens (tertiary/aromatic N) is 2. The summed E-state index contributed by atoms with van der Waals surface area (Å²) in [5, 5.41) is 13.7. The van der Waals surface area contributed by atoms with Gasteiger partial charge in [0.1, 0.15) is 5.69 Å². The third-order valence-electron chi connectivity index (χ3n) is 3.73. The predicted octanol–water partition coefficient (Wildman–Crippen LogP) is 2.57. The first-order valence-electron chi connectivity index (χ1n) is 7.23. The molecule has 1 atom stereocenters. The van der Waals surface area contributed by atoms with Crippen LogP contribution in [0.3, 0.4) is 0 Å². The first-order valence-corrected chi connectivity index (χ1v) is 7.23. The summed E-state index contributed by atoms with van der Waals surface area (Å²) in [4.78, 5) is 24.7. The number of carbonyl (C=O) groups is 1. The van der Waals surface area contributed by atoms with E-state index in [9.17, 15) is 14.9 Å². The number of anilines is 1. The van der Waals surface area contributed by atoms with Crippen molar-refractivity contribution in [2.45, 2.75) is 26.7 Å². The minimum absolute atomic E-state index is 0.0598. The van der Waals surface area contributed by atoms with Crippen LogP contribution < -0.4 is 5.32 Å². The zero-order valence-electron chi connectivity index (χ0n) is 12.5. The lowest BCUT2D eigenvalue weighted by Crippen LogP contribution is -2.39. The first-order chi connectivity index (χ1) is 9.95. The summed E-state index contributed by atoms with van der Waals surface area (Å²) in [7, 11) is 0. The van der Waals surface area contributed by atoms with Crippen molar-refractivity contribution in [3.8, 4) is 0 Å². The maximum absolute atomic E-state index is 12.1. The molecule has 2 rings (SSSR count). The van der Waals surface area contributed by atoms with E-state index in [0.717, 1.165) is 25.1 Å². The molecule has 1 fully saturated rings. The van der Waals surface area contributed by atoms with Gasteiger partial charge in [-0.3, -0.25) is 19.8 Å². The van der Waals surface area contributed by atoms with E-state index < -0.39 is 4.92 Å². The van der Waals surface area contributed by atoms with Crippen molar-refractivity contribution in [2.75, 3.05) is 25.0 Å². The molecular formula is C15H21N3O3. The van der Waals surface area contributed by atoms with E-state index in [4.69, 9.17) is 0 Å².